The first-order valence-electron chi connectivity index (χ1n) is 8.10. The number of pyridine rings is 1. The van der Waals surface area contributed by atoms with Crippen molar-refractivity contribution in [2.75, 3.05) is 0 Å². The second kappa shape index (κ2) is 4.53. The van der Waals surface area contributed by atoms with E-state index in [0.717, 1.165) is 0 Å². The van der Waals surface area contributed by atoms with Crippen LogP contribution in [0, 0.1) is 11.8 Å². The Morgan fingerprint density at radius 2 is 2.43 bits per heavy atom. The van der Waals surface area contributed by atoms with E-state index in [2.05, 4.69) is 4.98 Å². The fourth-order valence-electron chi connectivity index (χ4n) is 0.858. The number of rotatable bonds is 3. The summed E-state index contributed by atoms with van der Waals surface area (Å²) in [5, 5.41) is 18.1. The molecule has 0 atom stereocenters. The minimum Gasteiger partial charge on any atom is -0.423 e. The third-order valence-electron chi connectivity index (χ3n) is 1.37. The van der Waals surface area contributed by atoms with Crippen molar-refractivity contribution in [3.8, 4) is 0 Å². The SMILES string of the molecule is [2H]C([2H])([2H])C([2H])(C([2H])([2H])[2H])C([2H])([2H])c1cc(B(O)O)cc(F)n1. The molecule has 14 heavy (non-hydrogen) atoms. The second-order valence-electron chi connectivity index (χ2n) is 2.48. The molecule has 3 nitrogen and oxygen atoms in total. The van der Waals surface area contributed by atoms with Crippen molar-refractivity contribution >= 4 is 12.6 Å². The molecular formula is C9H13BFNO2. The van der Waals surface area contributed by atoms with Gasteiger partial charge in [-0.25, -0.2) is 4.98 Å². The maximum atomic E-state index is 13.5. The molecule has 0 radical (unpaired) electrons. The van der Waals surface area contributed by atoms with Gasteiger partial charge in [0.05, 0.1) is 0 Å². The first kappa shape index (κ1) is 3.91. The van der Waals surface area contributed by atoms with E-state index in [1.54, 1.807) is 0 Å². The zero-order valence-electron chi connectivity index (χ0n) is 16.0. The minimum atomic E-state index is -3.66. The Morgan fingerprint density at radius 3 is 3.00 bits per heavy atom. The molecule has 1 aromatic rings. The summed E-state index contributed by atoms with van der Waals surface area (Å²) in [6, 6.07) is 1.16. The average molecular weight is 206 g/mol. The summed E-state index contributed by atoms with van der Waals surface area (Å²) >= 11 is 0. The maximum Gasteiger partial charge on any atom is 0.488 e. The van der Waals surface area contributed by atoms with Gasteiger partial charge in [0.1, 0.15) is 0 Å². The van der Waals surface area contributed by atoms with Crippen LogP contribution in [0.3, 0.4) is 0 Å². The van der Waals surface area contributed by atoms with Crippen LogP contribution in [0.15, 0.2) is 12.1 Å². The lowest BCUT2D eigenvalue weighted by Gasteiger charge is -2.06. The fourth-order valence-corrected chi connectivity index (χ4v) is 0.858. The van der Waals surface area contributed by atoms with E-state index < -0.39 is 50.2 Å². The highest BCUT2D eigenvalue weighted by Gasteiger charge is 2.14. The quantitative estimate of drug-likeness (QED) is 0.544. The molecule has 0 amide bonds. The topological polar surface area (TPSA) is 53.4 Å². The summed E-state index contributed by atoms with van der Waals surface area (Å²) in [5.41, 5.74) is -1.60. The van der Waals surface area contributed by atoms with Crippen molar-refractivity contribution in [3.05, 3.63) is 23.8 Å². The Balaban J connectivity index is 3.67. The minimum absolute atomic E-state index is 0.556. The Morgan fingerprint density at radius 1 is 1.71 bits per heavy atom. The van der Waals surface area contributed by atoms with Crippen LogP contribution in [0.2, 0.25) is 0 Å². The fraction of sp³-hybridized carbons (Fsp3) is 0.444. The summed E-state index contributed by atoms with van der Waals surface area (Å²) in [5.74, 6) is -5.04. The molecule has 0 aliphatic heterocycles. The highest BCUT2D eigenvalue weighted by Crippen LogP contribution is 2.04. The number of nitrogens with zero attached hydrogens (tertiary/aromatic N) is 1. The summed E-state index contributed by atoms with van der Waals surface area (Å²) in [7, 11) is -2.22. The lowest BCUT2D eigenvalue weighted by molar-refractivity contribution is 0.425. The summed E-state index contributed by atoms with van der Waals surface area (Å²) in [6.07, 6.45) is -3.45. The molecule has 0 aliphatic rings. The van der Waals surface area contributed by atoms with Crippen LogP contribution in [-0.4, -0.2) is 22.2 Å². The Kier molecular flexibility index (Phi) is 1.26. The van der Waals surface area contributed by atoms with Gasteiger partial charge in [0.15, 0.2) is 0 Å². The number of hydrogen-bond acceptors (Lipinski definition) is 3. The van der Waals surface area contributed by atoms with Gasteiger partial charge in [0, 0.05) is 18.0 Å². The van der Waals surface area contributed by atoms with Crippen LogP contribution in [-0.2, 0) is 6.37 Å². The monoisotopic (exact) mass is 206 g/mol. The van der Waals surface area contributed by atoms with E-state index in [-0.39, 0.29) is 0 Å². The molecule has 1 heterocycles. The molecule has 76 valence electrons. The van der Waals surface area contributed by atoms with Crippen LogP contribution in [0.4, 0.5) is 4.39 Å². The van der Waals surface area contributed by atoms with Gasteiger partial charge in [-0.05, 0) is 29.9 Å². The Bertz CT molecular complexity index is 575. The van der Waals surface area contributed by atoms with Gasteiger partial charge in [-0.15, -0.1) is 0 Å². The van der Waals surface area contributed by atoms with Crippen LogP contribution in [0.1, 0.15) is 31.7 Å². The summed E-state index contributed by atoms with van der Waals surface area (Å²) in [6.45, 7) is -7.21. The molecule has 0 aromatic carbocycles. The lowest BCUT2D eigenvalue weighted by atomic mass is 9.80. The van der Waals surface area contributed by atoms with Gasteiger partial charge in [-0.3, -0.25) is 0 Å². The number of aromatic nitrogens is 1. The zero-order valence-corrected chi connectivity index (χ0v) is 6.95. The standard InChI is InChI=1S/C9H13BFNO2/c1-6(2)3-8-4-7(10(13)14)5-9(11)12-8/h4-6,13-14H,3H2,1-2H3/i1D3,2D3,3D2,6D. The molecule has 0 bridgehead atoms. The molecule has 0 fully saturated rings. The first-order chi connectivity index (χ1) is 10.1. The third kappa shape index (κ3) is 3.08. The molecule has 0 unspecified atom stereocenters. The average Bonchev–Trinajstić information content (AvgIpc) is 2.33. The zero-order chi connectivity index (χ0) is 18.4. The van der Waals surface area contributed by atoms with Crippen LogP contribution in [0.25, 0.3) is 0 Å². The highest BCUT2D eigenvalue weighted by molar-refractivity contribution is 6.58. The molecule has 1 aromatic heterocycles. The lowest BCUT2D eigenvalue weighted by Crippen LogP contribution is -2.31. The largest absolute Gasteiger partial charge is 0.488 e. The van der Waals surface area contributed by atoms with Crippen molar-refractivity contribution in [1.82, 2.24) is 4.98 Å². The molecule has 1 rings (SSSR count). The van der Waals surface area contributed by atoms with Crippen molar-refractivity contribution in [1.29, 1.82) is 0 Å². The smallest absolute Gasteiger partial charge is 0.423 e. The van der Waals surface area contributed by atoms with Gasteiger partial charge in [0.2, 0.25) is 5.95 Å². The van der Waals surface area contributed by atoms with E-state index in [4.69, 9.17) is 22.4 Å². The van der Waals surface area contributed by atoms with E-state index in [1.807, 2.05) is 0 Å². The van der Waals surface area contributed by atoms with Crippen molar-refractivity contribution < 1.29 is 26.8 Å². The number of halogens is 1. The third-order valence-corrected chi connectivity index (χ3v) is 1.37. The van der Waals surface area contributed by atoms with Gasteiger partial charge in [0.25, 0.3) is 0 Å². The normalized spacial score (nSPS) is 23.8. The predicted molar refractivity (Wildman–Crippen MR) is 52.6 cm³/mol. The van der Waals surface area contributed by atoms with Crippen molar-refractivity contribution in [3.63, 3.8) is 0 Å². The van der Waals surface area contributed by atoms with Gasteiger partial charge in [-0.1, -0.05) is 13.7 Å². The van der Waals surface area contributed by atoms with E-state index in [0.29, 0.717) is 12.1 Å². The Hall–Kier alpha value is -0.935. The van der Waals surface area contributed by atoms with Gasteiger partial charge >= 0.3 is 7.12 Å². The van der Waals surface area contributed by atoms with E-state index in [1.165, 1.54) is 0 Å². The van der Waals surface area contributed by atoms with Crippen LogP contribution in [0.5, 0.6) is 0 Å². The van der Waals surface area contributed by atoms with Crippen LogP contribution >= 0.6 is 0 Å². The van der Waals surface area contributed by atoms with Gasteiger partial charge < -0.3 is 10.0 Å². The van der Waals surface area contributed by atoms with Crippen LogP contribution < -0.4 is 5.46 Å². The summed E-state index contributed by atoms with van der Waals surface area (Å²) in [4.78, 5) is 3.10. The van der Waals surface area contributed by atoms with E-state index >= 15 is 0 Å². The van der Waals surface area contributed by atoms with Crippen molar-refractivity contribution in [2.24, 2.45) is 5.89 Å². The van der Waals surface area contributed by atoms with Gasteiger partial charge in [-0.2, -0.15) is 4.39 Å². The molecule has 2 N–H and O–H groups in total. The molecule has 0 saturated heterocycles. The Labute approximate surface area is 95.4 Å². The molecule has 0 saturated carbocycles. The molecule has 0 spiro atoms. The van der Waals surface area contributed by atoms with E-state index in [9.17, 15) is 4.39 Å². The maximum absolute atomic E-state index is 13.5. The molecule has 0 aliphatic carbocycles. The molecular weight excluding hydrogens is 184 g/mol. The number of hydrogen-bond donors (Lipinski definition) is 2. The predicted octanol–water partition coefficient (Wildman–Crippen LogP) is 0.0990. The second-order valence-corrected chi connectivity index (χ2v) is 2.48. The van der Waals surface area contributed by atoms with Crippen molar-refractivity contribution in [2.45, 2.75) is 20.1 Å². The summed E-state index contributed by atoms with van der Waals surface area (Å²) < 4.78 is 80.5. The molecule has 5 heteroatoms. The first-order valence-corrected chi connectivity index (χ1v) is 3.60. The highest BCUT2D eigenvalue weighted by atomic mass is 19.1.